The van der Waals surface area contributed by atoms with E-state index in [1.165, 1.54) is 0 Å². The highest BCUT2D eigenvalue weighted by Crippen LogP contribution is 2.11. The first-order chi connectivity index (χ1) is 7.03. The number of hydrogen-bond acceptors (Lipinski definition) is 2. The average molecular weight is 295 g/mol. The number of alkyl halides is 2. The van der Waals surface area contributed by atoms with Crippen LogP contribution in [0.4, 0.5) is 0 Å². The van der Waals surface area contributed by atoms with Gasteiger partial charge in [-0.3, -0.25) is 0 Å². The fourth-order valence-electron chi connectivity index (χ4n) is 1.81. The van der Waals surface area contributed by atoms with E-state index in [0.717, 1.165) is 13.1 Å². The van der Waals surface area contributed by atoms with Gasteiger partial charge in [-0.15, -0.1) is 23.2 Å². The molecule has 0 aliphatic rings. The molecule has 0 fully saturated rings. The molecule has 100 valence electrons. The molecule has 0 aliphatic heterocycles. The molecule has 0 spiro atoms. The van der Waals surface area contributed by atoms with E-state index >= 15 is 0 Å². The Morgan fingerprint density at radius 2 is 1.25 bits per heavy atom. The quantitative estimate of drug-likeness (QED) is 0.403. The second-order valence-corrected chi connectivity index (χ2v) is 4.57. The number of likely N-dealkylation sites (N-methyl/N-ethyl adjacent to an activating group) is 1. The van der Waals surface area contributed by atoms with Crippen LogP contribution >= 0.6 is 23.2 Å². The Bertz CT molecular complexity index is 154. The standard InChI is InChI=1S/C10H22Cl2NO2.ClH/c1-3-13(4-2,7-9(14)5-11)8-10(15)6-12;/h9-10,14-15H,3-8H2,1-2H3;1H/q+1;/p-1. The number of halogens is 3. The van der Waals surface area contributed by atoms with Crippen molar-refractivity contribution in [3.63, 3.8) is 0 Å². The monoisotopic (exact) mass is 293 g/mol. The fourth-order valence-corrected chi connectivity index (χ4v) is 2.00. The third-order valence-electron chi connectivity index (χ3n) is 2.89. The van der Waals surface area contributed by atoms with Gasteiger partial charge in [0.25, 0.3) is 0 Å². The van der Waals surface area contributed by atoms with E-state index in [2.05, 4.69) is 0 Å². The minimum atomic E-state index is -0.519. The summed E-state index contributed by atoms with van der Waals surface area (Å²) in [6.45, 7) is 6.96. The van der Waals surface area contributed by atoms with Crippen LogP contribution in [0, 0.1) is 0 Å². The molecule has 6 heteroatoms. The van der Waals surface area contributed by atoms with Gasteiger partial charge < -0.3 is 27.1 Å². The predicted octanol–water partition coefficient (Wildman–Crippen LogP) is -1.95. The van der Waals surface area contributed by atoms with Crippen LogP contribution in [0.15, 0.2) is 0 Å². The van der Waals surface area contributed by atoms with Crippen molar-refractivity contribution in [2.45, 2.75) is 26.1 Å². The molecule has 0 bridgehead atoms. The summed E-state index contributed by atoms with van der Waals surface area (Å²) < 4.78 is 0.655. The van der Waals surface area contributed by atoms with Gasteiger partial charge in [-0.05, 0) is 13.8 Å². The van der Waals surface area contributed by atoms with Crippen molar-refractivity contribution in [3.05, 3.63) is 0 Å². The molecule has 0 saturated heterocycles. The maximum Gasteiger partial charge on any atom is 0.116 e. The van der Waals surface area contributed by atoms with E-state index < -0.39 is 12.2 Å². The van der Waals surface area contributed by atoms with Crippen LogP contribution in [0.2, 0.25) is 0 Å². The molecule has 0 aliphatic carbocycles. The zero-order valence-corrected chi connectivity index (χ0v) is 12.1. The smallest absolute Gasteiger partial charge is 0.116 e. The summed E-state index contributed by atoms with van der Waals surface area (Å²) in [5.41, 5.74) is 0. The summed E-state index contributed by atoms with van der Waals surface area (Å²) in [5.74, 6) is 0.466. The van der Waals surface area contributed by atoms with Gasteiger partial charge >= 0.3 is 0 Å². The molecule has 2 atom stereocenters. The lowest BCUT2D eigenvalue weighted by molar-refractivity contribution is -0.929. The number of aliphatic hydroxyl groups excluding tert-OH is 2. The molecule has 0 radical (unpaired) electrons. The van der Waals surface area contributed by atoms with Gasteiger partial charge in [-0.2, -0.15) is 0 Å². The van der Waals surface area contributed by atoms with Crippen molar-refractivity contribution in [3.8, 4) is 0 Å². The maximum atomic E-state index is 9.58. The van der Waals surface area contributed by atoms with Crippen LogP contribution in [-0.2, 0) is 0 Å². The number of nitrogens with zero attached hydrogens (tertiary/aromatic N) is 1. The first-order valence-electron chi connectivity index (χ1n) is 5.36. The van der Waals surface area contributed by atoms with Crippen molar-refractivity contribution in [2.24, 2.45) is 0 Å². The minimum Gasteiger partial charge on any atom is -1.00 e. The first kappa shape index (κ1) is 19.1. The van der Waals surface area contributed by atoms with Gasteiger partial charge in [0.2, 0.25) is 0 Å². The molecule has 2 N–H and O–H groups in total. The second kappa shape index (κ2) is 9.75. The molecule has 0 heterocycles. The molecule has 16 heavy (non-hydrogen) atoms. The highest BCUT2D eigenvalue weighted by atomic mass is 35.5. The Hall–Kier alpha value is 0.750. The number of rotatable bonds is 8. The Kier molecular flexibility index (Phi) is 11.6. The average Bonchev–Trinajstić information content (AvgIpc) is 2.27. The molecular formula is C10H22Cl3NO2. The topological polar surface area (TPSA) is 40.5 Å². The van der Waals surface area contributed by atoms with Crippen LogP contribution < -0.4 is 12.4 Å². The minimum absolute atomic E-state index is 0. The zero-order chi connectivity index (χ0) is 11.9. The number of aliphatic hydroxyl groups is 2. The summed E-state index contributed by atoms with van der Waals surface area (Å²) in [5, 5.41) is 19.2. The van der Waals surface area contributed by atoms with Crippen LogP contribution in [0.5, 0.6) is 0 Å². The Morgan fingerprint density at radius 3 is 1.44 bits per heavy atom. The van der Waals surface area contributed by atoms with Crippen molar-refractivity contribution in [1.82, 2.24) is 0 Å². The van der Waals surface area contributed by atoms with Gasteiger partial charge in [0.1, 0.15) is 25.3 Å². The maximum absolute atomic E-state index is 9.58. The number of hydrogen-bond donors (Lipinski definition) is 2. The Labute approximate surface area is 114 Å². The van der Waals surface area contributed by atoms with Crippen LogP contribution in [-0.4, -0.2) is 64.8 Å². The third-order valence-corrected chi connectivity index (χ3v) is 3.61. The van der Waals surface area contributed by atoms with Crippen molar-refractivity contribution >= 4 is 23.2 Å². The summed E-state index contributed by atoms with van der Waals surface area (Å²) in [4.78, 5) is 0. The highest BCUT2D eigenvalue weighted by Gasteiger charge is 2.29. The molecule has 0 aromatic carbocycles. The van der Waals surface area contributed by atoms with Gasteiger partial charge in [-0.25, -0.2) is 0 Å². The van der Waals surface area contributed by atoms with E-state index in [9.17, 15) is 10.2 Å². The molecular weight excluding hydrogens is 272 g/mol. The first-order valence-corrected chi connectivity index (χ1v) is 6.43. The van der Waals surface area contributed by atoms with Crippen LogP contribution in [0.3, 0.4) is 0 Å². The molecule has 0 amide bonds. The SMILES string of the molecule is CC[N+](CC)(CC(O)CCl)CC(O)CCl.[Cl-]. The van der Waals surface area contributed by atoms with Gasteiger partial charge in [0, 0.05) is 0 Å². The summed E-state index contributed by atoms with van der Waals surface area (Å²) in [6, 6.07) is 0. The fraction of sp³-hybridized carbons (Fsp3) is 1.00. The van der Waals surface area contributed by atoms with E-state index in [4.69, 9.17) is 23.2 Å². The van der Waals surface area contributed by atoms with Crippen molar-refractivity contribution < 1.29 is 27.1 Å². The van der Waals surface area contributed by atoms with Gasteiger partial charge in [-0.1, -0.05) is 0 Å². The Morgan fingerprint density at radius 1 is 0.938 bits per heavy atom. The summed E-state index contributed by atoms with van der Waals surface area (Å²) >= 11 is 11.2. The van der Waals surface area contributed by atoms with E-state index in [0.29, 0.717) is 17.6 Å². The zero-order valence-electron chi connectivity index (χ0n) is 9.87. The van der Waals surface area contributed by atoms with Crippen LogP contribution in [0.25, 0.3) is 0 Å². The normalized spacial score (nSPS) is 15.4. The van der Waals surface area contributed by atoms with Crippen molar-refractivity contribution in [2.75, 3.05) is 37.9 Å². The third kappa shape index (κ3) is 6.48. The molecule has 3 nitrogen and oxygen atoms in total. The van der Waals surface area contributed by atoms with Gasteiger partial charge in [0.05, 0.1) is 24.8 Å². The summed E-state index contributed by atoms with van der Waals surface area (Å²) in [7, 11) is 0. The Balaban J connectivity index is 0. The molecule has 0 rings (SSSR count). The summed E-state index contributed by atoms with van der Waals surface area (Å²) in [6.07, 6.45) is -1.04. The molecule has 0 saturated carbocycles. The lowest BCUT2D eigenvalue weighted by Crippen LogP contribution is -3.00. The lowest BCUT2D eigenvalue weighted by Gasteiger charge is -2.39. The molecule has 0 aromatic heterocycles. The lowest BCUT2D eigenvalue weighted by atomic mass is 10.2. The van der Waals surface area contributed by atoms with Crippen molar-refractivity contribution in [1.29, 1.82) is 0 Å². The van der Waals surface area contributed by atoms with E-state index in [1.54, 1.807) is 0 Å². The molecule has 0 aromatic rings. The largest absolute Gasteiger partial charge is 1.00 e. The molecule has 2 unspecified atom stereocenters. The van der Waals surface area contributed by atoms with E-state index in [1.807, 2.05) is 13.8 Å². The van der Waals surface area contributed by atoms with Gasteiger partial charge in [0.15, 0.2) is 0 Å². The predicted molar refractivity (Wildman–Crippen MR) is 64.5 cm³/mol. The second-order valence-electron chi connectivity index (χ2n) is 3.96. The number of quaternary nitrogens is 1. The van der Waals surface area contributed by atoms with Crippen LogP contribution in [0.1, 0.15) is 13.8 Å². The highest BCUT2D eigenvalue weighted by molar-refractivity contribution is 6.18. The van der Waals surface area contributed by atoms with E-state index in [-0.39, 0.29) is 24.2 Å².